The minimum atomic E-state index is -0.106. The maximum absolute atomic E-state index is 12.8. The summed E-state index contributed by atoms with van der Waals surface area (Å²) < 4.78 is 5.08. The lowest BCUT2D eigenvalue weighted by atomic mass is 10.0. The van der Waals surface area contributed by atoms with Crippen molar-refractivity contribution in [1.29, 1.82) is 0 Å². The van der Waals surface area contributed by atoms with E-state index in [9.17, 15) is 9.90 Å². The number of methoxy groups -OCH3 is 1. The van der Waals surface area contributed by atoms with Crippen molar-refractivity contribution in [2.75, 3.05) is 20.2 Å². The van der Waals surface area contributed by atoms with Crippen LogP contribution in [0.15, 0.2) is 18.2 Å². The molecule has 5 nitrogen and oxygen atoms in total. The van der Waals surface area contributed by atoms with E-state index in [1.54, 1.807) is 18.2 Å². The third-order valence-corrected chi connectivity index (χ3v) is 4.46. The van der Waals surface area contributed by atoms with E-state index in [4.69, 9.17) is 4.74 Å². The smallest absolute Gasteiger partial charge is 0.258 e. The van der Waals surface area contributed by atoms with Gasteiger partial charge in [0.25, 0.3) is 5.91 Å². The van der Waals surface area contributed by atoms with Crippen LogP contribution in [-0.2, 0) is 0 Å². The molecule has 0 saturated carbocycles. The molecular formula is C15H20N2O3. The van der Waals surface area contributed by atoms with Crippen LogP contribution in [0.4, 0.5) is 0 Å². The van der Waals surface area contributed by atoms with E-state index in [0.29, 0.717) is 17.2 Å². The number of fused-ring (bicyclic) bond motifs is 1. The lowest BCUT2D eigenvalue weighted by molar-refractivity contribution is 0.0678. The Labute approximate surface area is 118 Å². The van der Waals surface area contributed by atoms with E-state index < -0.39 is 0 Å². The van der Waals surface area contributed by atoms with Gasteiger partial charge in [0.2, 0.25) is 0 Å². The van der Waals surface area contributed by atoms with Gasteiger partial charge in [-0.05, 0) is 31.4 Å². The summed E-state index contributed by atoms with van der Waals surface area (Å²) in [5, 5.41) is 13.5. The maximum atomic E-state index is 12.8. The van der Waals surface area contributed by atoms with Crippen molar-refractivity contribution < 1.29 is 14.6 Å². The molecule has 2 aliphatic heterocycles. The Bertz CT molecular complexity index is 532. The highest BCUT2D eigenvalue weighted by atomic mass is 16.5. The second-order valence-corrected chi connectivity index (χ2v) is 5.64. The van der Waals surface area contributed by atoms with Gasteiger partial charge in [0, 0.05) is 25.2 Å². The lowest BCUT2D eigenvalue weighted by Gasteiger charge is -2.28. The molecular weight excluding hydrogens is 256 g/mol. The molecule has 20 heavy (non-hydrogen) atoms. The molecule has 5 heteroatoms. The van der Waals surface area contributed by atoms with Crippen molar-refractivity contribution in [1.82, 2.24) is 10.2 Å². The minimum absolute atomic E-state index is 0.0680. The van der Waals surface area contributed by atoms with Gasteiger partial charge < -0.3 is 20.1 Å². The molecule has 2 heterocycles. The molecule has 0 radical (unpaired) electrons. The van der Waals surface area contributed by atoms with Gasteiger partial charge in [0.1, 0.15) is 0 Å². The number of para-hydroxylation sites is 1. The van der Waals surface area contributed by atoms with Gasteiger partial charge in [-0.25, -0.2) is 0 Å². The maximum Gasteiger partial charge on any atom is 0.258 e. The normalized spacial score (nSPS) is 28.5. The average molecular weight is 276 g/mol. The first-order chi connectivity index (χ1) is 9.63. The Morgan fingerprint density at radius 2 is 2.25 bits per heavy atom. The van der Waals surface area contributed by atoms with Crippen LogP contribution in [0.5, 0.6) is 11.5 Å². The second kappa shape index (κ2) is 4.98. The average Bonchev–Trinajstić information content (AvgIpc) is 2.98. The van der Waals surface area contributed by atoms with Crippen LogP contribution in [0, 0.1) is 5.92 Å². The molecule has 0 bridgehead atoms. The van der Waals surface area contributed by atoms with Crippen LogP contribution in [0.25, 0.3) is 0 Å². The summed E-state index contributed by atoms with van der Waals surface area (Å²) >= 11 is 0. The summed E-state index contributed by atoms with van der Waals surface area (Å²) in [4.78, 5) is 14.7. The van der Waals surface area contributed by atoms with E-state index >= 15 is 0 Å². The number of nitrogens with one attached hydrogen (secondary N) is 1. The van der Waals surface area contributed by atoms with Crippen molar-refractivity contribution in [2.24, 2.45) is 5.92 Å². The number of ether oxygens (including phenoxy) is 1. The molecule has 3 rings (SSSR count). The first-order valence-electron chi connectivity index (χ1n) is 7.02. The molecule has 108 valence electrons. The Morgan fingerprint density at radius 3 is 3.00 bits per heavy atom. The first kappa shape index (κ1) is 13.2. The number of phenols is 1. The van der Waals surface area contributed by atoms with Gasteiger partial charge in [-0.1, -0.05) is 6.07 Å². The van der Waals surface area contributed by atoms with E-state index in [2.05, 4.69) is 12.2 Å². The number of likely N-dealkylation sites (tertiary alicyclic amines) is 1. The van der Waals surface area contributed by atoms with Crippen molar-refractivity contribution in [3.05, 3.63) is 23.8 Å². The summed E-state index contributed by atoms with van der Waals surface area (Å²) in [6.07, 6.45) is 1.02. The molecule has 2 saturated heterocycles. The number of carbonyl (C=O) groups is 1. The number of rotatable bonds is 2. The predicted molar refractivity (Wildman–Crippen MR) is 75.1 cm³/mol. The summed E-state index contributed by atoms with van der Waals surface area (Å²) in [6, 6.07) is 5.49. The van der Waals surface area contributed by atoms with Crippen molar-refractivity contribution in [3.63, 3.8) is 0 Å². The van der Waals surface area contributed by atoms with E-state index in [0.717, 1.165) is 19.5 Å². The lowest BCUT2D eigenvalue weighted by Crippen LogP contribution is -2.42. The number of carbonyl (C=O) groups excluding carboxylic acids is 1. The van der Waals surface area contributed by atoms with Crippen LogP contribution < -0.4 is 10.1 Å². The van der Waals surface area contributed by atoms with Crippen molar-refractivity contribution in [3.8, 4) is 11.5 Å². The standard InChI is InChI=1S/C15H20N2O3/c1-9-6-10-7-16-8-12(10)17(9)15(19)11-4-3-5-13(20-2)14(11)18/h3-5,9-10,12,16,18H,6-8H2,1-2H3. The van der Waals surface area contributed by atoms with Gasteiger partial charge in [-0.3, -0.25) is 4.79 Å². The van der Waals surface area contributed by atoms with Gasteiger partial charge in [-0.2, -0.15) is 0 Å². The van der Waals surface area contributed by atoms with Crippen LogP contribution >= 0.6 is 0 Å². The topological polar surface area (TPSA) is 61.8 Å². The van der Waals surface area contributed by atoms with E-state index in [-0.39, 0.29) is 23.7 Å². The Kier molecular flexibility index (Phi) is 3.30. The number of hydrogen-bond acceptors (Lipinski definition) is 4. The molecule has 2 fully saturated rings. The molecule has 2 aliphatic rings. The molecule has 0 spiro atoms. The zero-order valence-corrected chi connectivity index (χ0v) is 11.8. The van der Waals surface area contributed by atoms with Gasteiger partial charge in [0.05, 0.1) is 12.7 Å². The van der Waals surface area contributed by atoms with Crippen LogP contribution in [-0.4, -0.2) is 48.2 Å². The highest BCUT2D eigenvalue weighted by Crippen LogP contribution is 2.36. The van der Waals surface area contributed by atoms with E-state index in [1.165, 1.54) is 7.11 Å². The molecule has 3 atom stereocenters. The number of phenolic OH excluding ortho intramolecular Hbond substituents is 1. The largest absolute Gasteiger partial charge is 0.504 e. The number of benzene rings is 1. The number of nitrogens with zero attached hydrogens (tertiary/aromatic N) is 1. The zero-order chi connectivity index (χ0) is 14.3. The number of amides is 1. The fraction of sp³-hybridized carbons (Fsp3) is 0.533. The number of hydrogen-bond donors (Lipinski definition) is 2. The SMILES string of the molecule is COc1cccc(C(=O)N2C(C)CC3CNCC32)c1O. The highest BCUT2D eigenvalue weighted by Gasteiger charge is 2.44. The van der Waals surface area contributed by atoms with Crippen LogP contribution in [0.2, 0.25) is 0 Å². The predicted octanol–water partition coefficient (Wildman–Crippen LogP) is 1.22. The van der Waals surface area contributed by atoms with Gasteiger partial charge in [0.15, 0.2) is 11.5 Å². The number of aromatic hydroxyl groups is 1. The summed E-state index contributed by atoms with van der Waals surface area (Å²) in [7, 11) is 1.48. The monoisotopic (exact) mass is 276 g/mol. The molecule has 1 aromatic rings. The van der Waals surface area contributed by atoms with Gasteiger partial charge in [-0.15, -0.1) is 0 Å². The van der Waals surface area contributed by atoms with Gasteiger partial charge >= 0.3 is 0 Å². The third kappa shape index (κ3) is 1.93. The summed E-state index contributed by atoms with van der Waals surface area (Å²) in [5.41, 5.74) is 0.323. The Balaban J connectivity index is 1.92. The highest BCUT2D eigenvalue weighted by molar-refractivity contribution is 5.98. The third-order valence-electron chi connectivity index (χ3n) is 4.46. The molecule has 1 aromatic carbocycles. The fourth-order valence-corrected chi connectivity index (χ4v) is 3.51. The Morgan fingerprint density at radius 1 is 1.45 bits per heavy atom. The minimum Gasteiger partial charge on any atom is -0.504 e. The van der Waals surface area contributed by atoms with Crippen LogP contribution in [0.1, 0.15) is 23.7 Å². The second-order valence-electron chi connectivity index (χ2n) is 5.64. The molecule has 1 amide bonds. The molecule has 0 aromatic heterocycles. The fourth-order valence-electron chi connectivity index (χ4n) is 3.51. The summed E-state index contributed by atoms with van der Waals surface area (Å²) in [5.74, 6) is 0.692. The molecule has 3 unspecified atom stereocenters. The quantitative estimate of drug-likeness (QED) is 0.852. The molecule has 2 N–H and O–H groups in total. The molecule has 0 aliphatic carbocycles. The van der Waals surface area contributed by atoms with Crippen LogP contribution in [0.3, 0.4) is 0 Å². The van der Waals surface area contributed by atoms with Crippen molar-refractivity contribution >= 4 is 5.91 Å². The first-order valence-corrected chi connectivity index (χ1v) is 7.02. The Hall–Kier alpha value is -1.75. The zero-order valence-electron chi connectivity index (χ0n) is 11.8. The van der Waals surface area contributed by atoms with E-state index in [1.807, 2.05) is 4.90 Å². The van der Waals surface area contributed by atoms with Crippen molar-refractivity contribution in [2.45, 2.75) is 25.4 Å². The summed E-state index contributed by atoms with van der Waals surface area (Å²) in [6.45, 7) is 3.89.